The van der Waals surface area contributed by atoms with Crippen molar-refractivity contribution in [2.24, 2.45) is 0 Å². The largest absolute Gasteiger partial charge is 0.467 e. The van der Waals surface area contributed by atoms with Crippen LogP contribution in [0, 0.1) is 0 Å². The summed E-state index contributed by atoms with van der Waals surface area (Å²) in [6, 6.07) is 5.08. The fourth-order valence-corrected chi connectivity index (χ4v) is 2.75. The zero-order chi connectivity index (χ0) is 17.8. The number of amides is 1. The Balaban J connectivity index is 1.52. The van der Waals surface area contributed by atoms with E-state index in [4.69, 9.17) is 13.6 Å². The monoisotopic (exact) mass is 355 g/mol. The quantitative estimate of drug-likeness (QED) is 0.739. The highest BCUT2D eigenvalue weighted by atomic mass is 16.5. The molecule has 0 radical (unpaired) electrons. The van der Waals surface area contributed by atoms with E-state index in [1.165, 1.54) is 12.7 Å². The number of morpholine rings is 1. The Morgan fingerprint density at radius 2 is 2.31 bits per heavy atom. The van der Waals surface area contributed by atoms with E-state index >= 15 is 0 Å². The van der Waals surface area contributed by atoms with Gasteiger partial charge >= 0.3 is 0 Å². The maximum atomic E-state index is 12.7. The molecule has 1 unspecified atom stereocenters. The van der Waals surface area contributed by atoms with Gasteiger partial charge in [-0.05, 0) is 18.2 Å². The van der Waals surface area contributed by atoms with Gasteiger partial charge in [-0.25, -0.2) is 15.0 Å². The summed E-state index contributed by atoms with van der Waals surface area (Å²) in [6.07, 6.45) is 5.84. The van der Waals surface area contributed by atoms with E-state index < -0.39 is 6.04 Å². The lowest BCUT2D eigenvalue weighted by atomic mass is 10.2. The third-order valence-electron chi connectivity index (χ3n) is 4.04. The van der Waals surface area contributed by atoms with Gasteiger partial charge in [0.05, 0.1) is 26.0 Å². The van der Waals surface area contributed by atoms with E-state index in [0.717, 1.165) is 5.76 Å². The van der Waals surface area contributed by atoms with Gasteiger partial charge in [0.25, 0.3) is 5.91 Å². The molecule has 4 rings (SSSR count). The number of rotatable bonds is 5. The summed E-state index contributed by atoms with van der Waals surface area (Å²) in [7, 11) is 0. The van der Waals surface area contributed by atoms with Crippen LogP contribution in [0.15, 0.2) is 52.2 Å². The maximum Gasteiger partial charge on any atom is 0.276 e. The van der Waals surface area contributed by atoms with Gasteiger partial charge in [-0.1, -0.05) is 0 Å². The number of carbonyl (C=O) groups is 1. The van der Waals surface area contributed by atoms with Crippen LogP contribution in [0.5, 0.6) is 0 Å². The number of oxazole rings is 1. The molecule has 134 valence electrons. The second-order valence-electron chi connectivity index (χ2n) is 5.70. The molecule has 0 aromatic carbocycles. The van der Waals surface area contributed by atoms with E-state index in [0.29, 0.717) is 37.9 Å². The number of nitrogens with one attached hydrogen (secondary N) is 1. The molecule has 9 nitrogen and oxygen atoms in total. The predicted molar refractivity (Wildman–Crippen MR) is 89.2 cm³/mol. The van der Waals surface area contributed by atoms with Crippen LogP contribution in [0.2, 0.25) is 0 Å². The van der Waals surface area contributed by atoms with E-state index in [-0.39, 0.29) is 11.6 Å². The van der Waals surface area contributed by atoms with Crippen molar-refractivity contribution in [2.45, 2.75) is 12.6 Å². The number of nitrogens with zero attached hydrogens (tertiary/aromatic N) is 4. The summed E-state index contributed by atoms with van der Waals surface area (Å²) in [6.45, 7) is 1.72. The molecule has 1 aliphatic heterocycles. The molecule has 4 heterocycles. The van der Waals surface area contributed by atoms with Gasteiger partial charge in [-0.2, -0.15) is 0 Å². The minimum atomic E-state index is -0.390. The van der Waals surface area contributed by atoms with Crippen molar-refractivity contribution in [1.29, 1.82) is 0 Å². The zero-order valence-corrected chi connectivity index (χ0v) is 13.9. The third-order valence-corrected chi connectivity index (χ3v) is 4.04. The molecule has 1 N–H and O–H groups in total. The van der Waals surface area contributed by atoms with Crippen LogP contribution in [0.4, 0.5) is 5.82 Å². The summed E-state index contributed by atoms with van der Waals surface area (Å²) in [4.78, 5) is 27.1. The van der Waals surface area contributed by atoms with Gasteiger partial charge in [0, 0.05) is 12.7 Å². The minimum Gasteiger partial charge on any atom is -0.467 e. The Morgan fingerprint density at radius 1 is 1.35 bits per heavy atom. The van der Waals surface area contributed by atoms with Crippen LogP contribution >= 0.6 is 0 Å². The highest BCUT2D eigenvalue weighted by Crippen LogP contribution is 2.24. The molecule has 9 heteroatoms. The maximum absolute atomic E-state index is 12.7. The molecule has 1 fully saturated rings. The Morgan fingerprint density at radius 3 is 3.12 bits per heavy atom. The molecule has 0 saturated carbocycles. The molecule has 1 amide bonds. The van der Waals surface area contributed by atoms with Crippen LogP contribution in [-0.2, 0) is 11.3 Å². The number of carbonyl (C=O) groups excluding carboxylic acids is 1. The minimum absolute atomic E-state index is 0.232. The lowest BCUT2D eigenvalue weighted by molar-refractivity contribution is -0.00549. The summed E-state index contributed by atoms with van der Waals surface area (Å²) in [5.41, 5.74) is 0.254. The van der Waals surface area contributed by atoms with Crippen molar-refractivity contribution < 1.29 is 18.4 Å². The van der Waals surface area contributed by atoms with Crippen molar-refractivity contribution in [3.05, 3.63) is 60.6 Å². The van der Waals surface area contributed by atoms with Crippen LogP contribution in [0.1, 0.15) is 28.1 Å². The highest BCUT2D eigenvalue weighted by molar-refractivity contribution is 5.92. The van der Waals surface area contributed by atoms with Gasteiger partial charge in [-0.3, -0.25) is 4.79 Å². The van der Waals surface area contributed by atoms with Crippen LogP contribution < -0.4 is 5.32 Å². The third kappa shape index (κ3) is 3.42. The van der Waals surface area contributed by atoms with Gasteiger partial charge in [-0.15, -0.1) is 0 Å². The van der Waals surface area contributed by atoms with E-state index in [1.54, 1.807) is 23.4 Å². The van der Waals surface area contributed by atoms with E-state index in [1.807, 2.05) is 12.1 Å². The molecule has 1 aliphatic rings. The van der Waals surface area contributed by atoms with Crippen LogP contribution in [0.3, 0.4) is 0 Å². The summed E-state index contributed by atoms with van der Waals surface area (Å²) in [5.74, 6) is 1.72. The van der Waals surface area contributed by atoms with E-state index in [2.05, 4.69) is 20.3 Å². The fraction of sp³-hybridized carbons (Fsp3) is 0.294. The average molecular weight is 355 g/mol. The first-order valence-corrected chi connectivity index (χ1v) is 8.17. The number of ether oxygens (including phenoxy) is 1. The summed E-state index contributed by atoms with van der Waals surface area (Å²) < 4.78 is 15.8. The number of aromatic nitrogens is 3. The first-order chi connectivity index (χ1) is 12.8. The molecular weight excluding hydrogens is 338 g/mol. The first-order valence-electron chi connectivity index (χ1n) is 8.17. The smallest absolute Gasteiger partial charge is 0.276 e. The van der Waals surface area contributed by atoms with Gasteiger partial charge in [0.15, 0.2) is 17.9 Å². The van der Waals surface area contributed by atoms with Crippen LogP contribution in [0.25, 0.3) is 0 Å². The summed E-state index contributed by atoms with van der Waals surface area (Å²) >= 11 is 0. The van der Waals surface area contributed by atoms with Crippen LogP contribution in [-0.4, -0.2) is 45.5 Å². The molecule has 1 saturated heterocycles. The van der Waals surface area contributed by atoms with Gasteiger partial charge < -0.3 is 23.8 Å². The second-order valence-corrected chi connectivity index (χ2v) is 5.70. The topological polar surface area (TPSA) is 107 Å². The normalized spacial score (nSPS) is 17.2. The molecule has 0 bridgehead atoms. The SMILES string of the molecule is O=C(c1cocn1)N1CCOCC1c1nccc(NCc2ccco2)n1. The first kappa shape index (κ1) is 16.3. The molecule has 26 heavy (non-hydrogen) atoms. The molecule has 0 aliphatic carbocycles. The number of furan rings is 1. The number of hydrogen-bond donors (Lipinski definition) is 1. The van der Waals surface area contributed by atoms with Crippen molar-refractivity contribution >= 4 is 11.7 Å². The Hall–Kier alpha value is -3.20. The van der Waals surface area contributed by atoms with E-state index in [9.17, 15) is 4.79 Å². The standard InChI is InChI=1S/C17H17N5O4/c23-17(13-9-25-11-20-13)22-5-7-24-10-14(22)16-18-4-3-15(21-16)19-8-12-2-1-6-26-12/h1-4,6,9,11,14H,5,7-8,10H2,(H,18,19,21). The Kier molecular flexibility index (Phi) is 4.61. The molecule has 1 atom stereocenters. The van der Waals surface area contributed by atoms with Crippen molar-refractivity contribution in [3.63, 3.8) is 0 Å². The average Bonchev–Trinajstić information content (AvgIpc) is 3.40. The molecule has 3 aromatic rings. The number of hydrogen-bond acceptors (Lipinski definition) is 8. The predicted octanol–water partition coefficient (Wildman–Crippen LogP) is 1.88. The Labute approximate surface area is 149 Å². The van der Waals surface area contributed by atoms with Crippen molar-refractivity contribution in [2.75, 3.05) is 25.1 Å². The second kappa shape index (κ2) is 7.36. The lowest BCUT2D eigenvalue weighted by Gasteiger charge is -2.34. The summed E-state index contributed by atoms with van der Waals surface area (Å²) in [5, 5.41) is 3.18. The molecular formula is C17H17N5O4. The fourth-order valence-electron chi connectivity index (χ4n) is 2.75. The highest BCUT2D eigenvalue weighted by Gasteiger charge is 2.32. The zero-order valence-electron chi connectivity index (χ0n) is 13.9. The Bertz CT molecular complexity index is 850. The van der Waals surface area contributed by atoms with Crippen molar-refractivity contribution in [1.82, 2.24) is 19.9 Å². The molecule has 0 spiro atoms. The van der Waals surface area contributed by atoms with Crippen molar-refractivity contribution in [3.8, 4) is 0 Å². The molecule has 3 aromatic heterocycles. The lowest BCUT2D eigenvalue weighted by Crippen LogP contribution is -2.44. The van der Waals surface area contributed by atoms with Gasteiger partial charge in [0.2, 0.25) is 0 Å². The van der Waals surface area contributed by atoms with Gasteiger partial charge in [0.1, 0.15) is 23.9 Å². The number of anilines is 1.